The zero-order chi connectivity index (χ0) is 20.2. The second-order valence-electron chi connectivity index (χ2n) is 5.90. The van der Waals surface area contributed by atoms with Gasteiger partial charge in [0.1, 0.15) is 6.54 Å². The number of aryl methyl sites for hydroxylation is 1. The molecule has 1 heterocycles. The molecular weight excluding hydrogens is 401 g/mol. The maximum Gasteiger partial charge on any atom is 0.402 e. The first kappa shape index (κ1) is 21.4. The lowest BCUT2D eigenvalue weighted by Crippen LogP contribution is -2.38. The van der Waals surface area contributed by atoms with E-state index in [1.54, 1.807) is 23.8 Å². The Morgan fingerprint density at radius 3 is 2.48 bits per heavy atom. The second kappa shape index (κ2) is 8.41. The number of hydrogen-bond acceptors (Lipinski definition) is 4. The molecule has 0 bridgehead atoms. The second-order valence-corrected chi connectivity index (χ2v) is 8.59. The van der Waals surface area contributed by atoms with Gasteiger partial charge in [-0.1, -0.05) is 6.92 Å². The highest BCUT2D eigenvalue weighted by molar-refractivity contribution is 7.89. The Bertz CT molecular complexity index is 895. The number of nitrogens with zero attached hydrogens (tertiary/aromatic N) is 1. The van der Waals surface area contributed by atoms with E-state index in [9.17, 15) is 26.4 Å². The number of sulfonamides is 1. The summed E-state index contributed by atoms with van der Waals surface area (Å²) in [7, 11) is -4.39. The predicted molar refractivity (Wildman–Crippen MR) is 98.1 cm³/mol. The van der Waals surface area contributed by atoms with Gasteiger partial charge in [0.2, 0.25) is 15.9 Å². The van der Waals surface area contributed by atoms with E-state index in [4.69, 9.17) is 0 Å². The first-order chi connectivity index (χ1) is 12.5. The van der Waals surface area contributed by atoms with Crippen LogP contribution in [-0.4, -0.2) is 31.4 Å². The van der Waals surface area contributed by atoms with Gasteiger partial charge in [-0.15, -0.1) is 0 Å². The fourth-order valence-electron chi connectivity index (χ4n) is 2.42. The molecule has 0 aliphatic carbocycles. The average molecular weight is 420 g/mol. The molecule has 0 spiro atoms. The highest BCUT2D eigenvalue weighted by Crippen LogP contribution is 2.28. The van der Waals surface area contributed by atoms with Gasteiger partial charge >= 0.3 is 6.18 Å². The molecule has 0 atom stereocenters. The van der Waals surface area contributed by atoms with Crippen molar-refractivity contribution >= 4 is 33.0 Å². The summed E-state index contributed by atoms with van der Waals surface area (Å²) in [6.07, 6.45) is -4.43. The third kappa shape index (κ3) is 5.78. The molecule has 0 radical (unpaired) electrons. The molecule has 2 rings (SSSR count). The van der Waals surface area contributed by atoms with Gasteiger partial charge in [-0.3, -0.25) is 4.79 Å². The molecule has 5 nitrogen and oxygen atoms in total. The molecule has 27 heavy (non-hydrogen) atoms. The molecule has 1 aromatic carbocycles. The topological polar surface area (TPSA) is 66.5 Å². The van der Waals surface area contributed by atoms with Crippen molar-refractivity contribution in [2.24, 2.45) is 0 Å². The largest absolute Gasteiger partial charge is 0.402 e. The molecule has 0 aliphatic heterocycles. The lowest BCUT2D eigenvalue weighted by molar-refractivity contribution is -0.137. The molecule has 2 aromatic rings. The summed E-state index contributed by atoms with van der Waals surface area (Å²) in [4.78, 5) is 11.2. The zero-order valence-corrected chi connectivity index (χ0v) is 16.3. The summed E-state index contributed by atoms with van der Waals surface area (Å²) in [5.41, 5.74) is 1.12. The number of hydrogen-bond donors (Lipinski definition) is 1. The van der Waals surface area contributed by atoms with E-state index >= 15 is 0 Å². The number of nitrogens with one attached hydrogen (secondary N) is 1. The quantitative estimate of drug-likeness (QED) is 0.732. The van der Waals surface area contributed by atoms with Crippen LogP contribution in [-0.2, 0) is 21.4 Å². The Morgan fingerprint density at radius 1 is 1.26 bits per heavy atom. The van der Waals surface area contributed by atoms with Crippen molar-refractivity contribution in [2.75, 3.05) is 11.9 Å². The molecule has 1 N–H and O–H groups in total. The smallest absolute Gasteiger partial charge is 0.326 e. The minimum atomic E-state index is -4.67. The SMILES string of the molecule is CCC(=O)Nc1ccc(S(=O)(=O)N(Cc2ccsc2)CC(F)(F)F)c(C)c1. The number of amides is 1. The maximum absolute atomic E-state index is 13.0. The van der Waals surface area contributed by atoms with E-state index in [1.165, 1.54) is 36.5 Å². The molecule has 0 saturated heterocycles. The Hall–Kier alpha value is -1.91. The summed E-state index contributed by atoms with van der Waals surface area (Å²) < 4.78 is 65.1. The van der Waals surface area contributed by atoms with Gasteiger partial charge in [0.15, 0.2) is 0 Å². The van der Waals surface area contributed by atoms with Gasteiger partial charge in [0.05, 0.1) is 4.90 Å². The monoisotopic (exact) mass is 420 g/mol. The minimum absolute atomic E-state index is 0.225. The number of benzene rings is 1. The van der Waals surface area contributed by atoms with Crippen LogP contribution < -0.4 is 5.32 Å². The van der Waals surface area contributed by atoms with Crippen molar-refractivity contribution in [1.82, 2.24) is 4.31 Å². The van der Waals surface area contributed by atoms with Gasteiger partial charge in [-0.2, -0.15) is 28.8 Å². The molecule has 1 amide bonds. The highest BCUT2D eigenvalue weighted by Gasteiger charge is 2.37. The lowest BCUT2D eigenvalue weighted by Gasteiger charge is -2.24. The van der Waals surface area contributed by atoms with Crippen LogP contribution in [0.1, 0.15) is 24.5 Å². The summed E-state index contributed by atoms with van der Waals surface area (Å²) in [5.74, 6) is -0.249. The minimum Gasteiger partial charge on any atom is -0.326 e. The standard InChI is InChI=1S/C17H19F3N2O3S2/c1-3-16(23)21-14-4-5-15(12(2)8-14)27(24,25)22(11-17(18,19)20)9-13-6-7-26-10-13/h4-8,10H,3,9,11H2,1-2H3,(H,21,23). The van der Waals surface area contributed by atoms with Crippen molar-refractivity contribution in [3.8, 4) is 0 Å². The fraction of sp³-hybridized carbons (Fsp3) is 0.353. The molecule has 0 fully saturated rings. The molecule has 10 heteroatoms. The Kier molecular flexibility index (Phi) is 6.66. The van der Waals surface area contributed by atoms with Crippen LogP contribution in [0.15, 0.2) is 39.9 Å². The van der Waals surface area contributed by atoms with Crippen molar-refractivity contribution in [1.29, 1.82) is 0 Å². The number of thiophene rings is 1. The average Bonchev–Trinajstić information content (AvgIpc) is 3.05. The van der Waals surface area contributed by atoms with Gasteiger partial charge in [0, 0.05) is 18.7 Å². The summed E-state index contributed by atoms with van der Waals surface area (Å²) in [5, 5.41) is 5.87. The summed E-state index contributed by atoms with van der Waals surface area (Å²) in [6, 6.07) is 5.59. The number of halogens is 3. The van der Waals surface area contributed by atoms with Crippen molar-refractivity contribution in [3.63, 3.8) is 0 Å². The van der Waals surface area contributed by atoms with E-state index < -0.39 is 22.7 Å². The number of carbonyl (C=O) groups is 1. The molecule has 0 aliphatic rings. The first-order valence-corrected chi connectivity index (χ1v) is 10.4. The molecule has 1 aromatic heterocycles. The number of carbonyl (C=O) groups excluding carboxylic acids is 1. The lowest BCUT2D eigenvalue weighted by atomic mass is 10.2. The number of rotatable bonds is 7. The fourth-order valence-corrected chi connectivity index (χ4v) is 4.70. The first-order valence-electron chi connectivity index (χ1n) is 8.01. The van der Waals surface area contributed by atoms with Gasteiger partial charge in [-0.05, 0) is 53.1 Å². The van der Waals surface area contributed by atoms with Crippen LogP contribution in [0.5, 0.6) is 0 Å². The Balaban J connectivity index is 2.37. The summed E-state index contributed by atoms with van der Waals surface area (Å²) in [6.45, 7) is 1.18. The van der Waals surface area contributed by atoms with Crippen LogP contribution in [0.2, 0.25) is 0 Å². The predicted octanol–water partition coefficient (Wildman–Crippen LogP) is 4.16. The number of alkyl halides is 3. The van der Waals surface area contributed by atoms with E-state index in [2.05, 4.69) is 5.32 Å². The third-order valence-corrected chi connectivity index (χ3v) is 6.38. The van der Waals surface area contributed by atoms with Crippen LogP contribution in [0.4, 0.5) is 18.9 Å². The Labute approximate surface area is 159 Å². The van der Waals surface area contributed by atoms with Gasteiger partial charge in [0.25, 0.3) is 0 Å². The van der Waals surface area contributed by atoms with Crippen LogP contribution in [0, 0.1) is 6.92 Å². The number of anilines is 1. The zero-order valence-electron chi connectivity index (χ0n) is 14.7. The van der Waals surface area contributed by atoms with Gasteiger partial charge < -0.3 is 5.32 Å². The van der Waals surface area contributed by atoms with Crippen molar-refractivity contribution in [3.05, 3.63) is 46.2 Å². The molecule has 148 valence electrons. The van der Waals surface area contributed by atoms with E-state index in [0.29, 0.717) is 15.6 Å². The molecular formula is C17H19F3N2O3S2. The van der Waals surface area contributed by atoms with E-state index in [0.717, 1.165) is 0 Å². The normalized spacial score (nSPS) is 12.4. The highest BCUT2D eigenvalue weighted by atomic mass is 32.2. The third-order valence-electron chi connectivity index (χ3n) is 3.69. The molecule has 0 unspecified atom stereocenters. The van der Waals surface area contributed by atoms with Crippen LogP contribution in [0.25, 0.3) is 0 Å². The van der Waals surface area contributed by atoms with Crippen LogP contribution in [0.3, 0.4) is 0 Å². The van der Waals surface area contributed by atoms with E-state index in [1.807, 2.05) is 0 Å². The van der Waals surface area contributed by atoms with Crippen molar-refractivity contribution < 1.29 is 26.4 Å². The van der Waals surface area contributed by atoms with Gasteiger partial charge in [-0.25, -0.2) is 8.42 Å². The Morgan fingerprint density at radius 2 is 1.96 bits per heavy atom. The van der Waals surface area contributed by atoms with Crippen LogP contribution >= 0.6 is 11.3 Å². The van der Waals surface area contributed by atoms with Crippen molar-refractivity contribution in [2.45, 2.75) is 37.9 Å². The maximum atomic E-state index is 13.0. The summed E-state index contributed by atoms with van der Waals surface area (Å²) >= 11 is 1.28. The molecule has 0 saturated carbocycles. The van der Waals surface area contributed by atoms with E-state index in [-0.39, 0.29) is 29.3 Å².